The number of fused-ring (bicyclic) bond motifs is 1. The molecule has 0 saturated carbocycles. The average Bonchev–Trinajstić information content (AvgIpc) is 3.10. The van der Waals surface area contributed by atoms with Crippen molar-refractivity contribution in [2.45, 2.75) is 0 Å². The molecule has 4 aromatic rings. The maximum Gasteiger partial charge on any atom is 3.00 e. The van der Waals surface area contributed by atoms with Crippen LogP contribution in [0.15, 0.2) is 115 Å². The van der Waals surface area contributed by atoms with E-state index in [1.54, 1.807) is 0 Å². The van der Waals surface area contributed by atoms with E-state index in [1.165, 1.54) is 27.3 Å². The second-order valence-corrected chi connectivity index (χ2v) is 9.78. The van der Waals surface area contributed by atoms with Crippen LogP contribution in [0.3, 0.4) is 0 Å². The number of nitrogens with zero attached hydrogens (tertiary/aromatic N) is 2. The van der Waals surface area contributed by atoms with Gasteiger partial charge in [0.05, 0.1) is 7.92 Å². The van der Waals surface area contributed by atoms with E-state index in [4.69, 9.17) is 0 Å². The maximum atomic E-state index is 2.24. The molecule has 0 atom stereocenters. The zero-order valence-electron chi connectivity index (χ0n) is 19.8. The molecule has 4 aromatic carbocycles. The first-order chi connectivity index (χ1) is 14.7. The number of hydrogen-bond acceptors (Lipinski definition) is 2. The molecule has 172 valence electrons. The Balaban J connectivity index is 0.000000337. The maximum absolute atomic E-state index is 2.24. The molecular weight excluding hydrogens is 600 g/mol. The van der Waals surface area contributed by atoms with E-state index in [2.05, 4.69) is 146 Å². The quantitative estimate of drug-likeness (QED) is 0.209. The van der Waals surface area contributed by atoms with Crippen LogP contribution in [0.1, 0.15) is 0 Å². The monoisotopic (exact) mass is 633 g/mol. The van der Waals surface area contributed by atoms with E-state index in [1.807, 2.05) is 0 Å². The van der Waals surface area contributed by atoms with Crippen molar-refractivity contribution in [2.75, 3.05) is 23.9 Å². The van der Waals surface area contributed by atoms with Gasteiger partial charge in [0, 0.05) is 11.4 Å². The van der Waals surface area contributed by atoms with E-state index >= 15 is 0 Å². The molecule has 0 radical (unpaired) electrons. The van der Waals surface area contributed by atoms with Crippen LogP contribution in [0.25, 0.3) is 0 Å². The van der Waals surface area contributed by atoms with Crippen molar-refractivity contribution in [1.29, 1.82) is 0 Å². The second-order valence-electron chi connectivity index (χ2n) is 7.30. The summed E-state index contributed by atoms with van der Waals surface area (Å²) in [6, 6.07) is 40.9. The molecule has 0 amide bonds. The average molecular weight is 633 g/mol. The van der Waals surface area contributed by atoms with Crippen molar-refractivity contribution in [1.82, 2.24) is 0 Å². The summed E-state index contributed by atoms with van der Waals surface area (Å²) < 4.78 is 0. The van der Waals surface area contributed by atoms with E-state index in [0.717, 1.165) is 0 Å². The number of hydrogen-bond donors (Lipinski definition) is 0. The van der Waals surface area contributed by atoms with Gasteiger partial charge in [0.15, 0.2) is 0 Å². The molecule has 0 bridgehead atoms. The molecule has 2 nitrogen and oxygen atoms in total. The number of anilines is 2. The van der Waals surface area contributed by atoms with Crippen LogP contribution in [0, 0.1) is 21.5 Å². The van der Waals surface area contributed by atoms with E-state index in [-0.39, 0.29) is 35.0 Å². The molecule has 1 aliphatic heterocycles. The largest absolute Gasteiger partial charge is 3.00 e. The Bertz CT molecular complexity index is 938. The third kappa shape index (κ3) is 7.02. The summed E-state index contributed by atoms with van der Waals surface area (Å²) in [5.41, 5.74) is 2.55. The Morgan fingerprint density at radius 1 is 0.485 bits per heavy atom. The minimum atomic E-state index is -0.877. The third-order valence-corrected chi connectivity index (χ3v) is 7.91. The fourth-order valence-corrected chi connectivity index (χ4v) is 6.34. The van der Waals surface area contributed by atoms with E-state index in [9.17, 15) is 0 Å². The first-order valence-corrected chi connectivity index (χ1v) is 11.7. The van der Waals surface area contributed by atoms with Crippen LogP contribution in [0.2, 0.25) is 0 Å². The molecule has 0 saturated heterocycles. The van der Waals surface area contributed by atoms with Crippen molar-refractivity contribution in [2.24, 2.45) is 0 Å². The van der Waals surface area contributed by atoms with Gasteiger partial charge in [-0.1, -0.05) is 66.7 Å². The van der Waals surface area contributed by atoms with Gasteiger partial charge in [0.1, 0.15) is 15.9 Å². The summed E-state index contributed by atoms with van der Waals surface area (Å²) >= 11 is 0. The predicted octanol–water partition coefficient (Wildman–Crippen LogP) is 5.77. The molecule has 0 aromatic heterocycles. The molecule has 0 unspecified atom stereocenters. The topological polar surface area (TPSA) is 6.48 Å². The van der Waals surface area contributed by atoms with Crippen molar-refractivity contribution in [3.05, 3.63) is 137 Å². The number of benzene rings is 4. The second kappa shape index (κ2) is 14.0. The van der Waals surface area contributed by atoms with E-state index in [0.29, 0.717) is 0 Å². The smallest absolute Gasteiger partial charge is 0.504 e. The van der Waals surface area contributed by atoms with Crippen LogP contribution < -0.4 is 25.7 Å². The number of rotatable bonds is 3. The van der Waals surface area contributed by atoms with Gasteiger partial charge >= 0.3 is 20.1 Å². The fourth-order valence-electron chi connectivity index (χ4n) is 3.76. The zero-order valence-corrected chi connectivity index (χ0v) is 23.2. The van der Waals surface area contributed by atoms with Crippen molar-refractivity contribution >= 4 is 35.2 Å². The van der Waals surface area contributed by atoms with Crippen LogP contribution >= 0.6 is 7.92 Å². The summed E-state index contributed by atoms with van der Waals surface area (Å²) in [5.74, 6) is 0. The van der Waals surface area contributed by atoms with Gasteiger partial charge in [-0.05, 0) is 62.6 Å². The first-order valence-electron chi connectivity index (χ1n) is 10.2. The van der Waals surface area contributed by atoms with Crippen molar-refractivity contribution in [3.8, 4) is 0 Å². The molecule has 0 fully saturated rings. The Morgan fingerprint density at radius 3 is 1.06 bits per heavy atom. The molecule has 0 N–H and O–H groups in total. The van der Waals surface area contributed by atoms with Gasteiger partial charge in [-0.3, -0.25) is 0 Å². The SMILES string of the molecule is CN1[CH-]N(C)c2ccccc21.[CH3-].[CH3-].[Ir+3].c1ccc([PH+](c2ccccc2)c2ccccc2)cc1. The summed E-state index contributed by atoms with van der Waals surface area (Å²) in [7, 11) is 3.24. The molecule has 0 aliphatic carbocycles. The van der Waals surface area contributed by atoms with E-state index < -0.39 is 7.92 Å². The van der Waals surface area contributed by atoms with Crippen LogP contribution in [-0.2, 0) is 20.1 Å². The summed E-state index contributed by atoms with van der Waals surface area (Å²) in [6.45, 7) is 2.07. The Hall–Kier alpha value is -2.44. The van der Waals surface area contributed by atoms with Gasteiger partial charge < -0.3 is 24.7 Å². The van der Waals surface area contributed by atoms with Gasteiger partial charge in [-0.15, -0.1) is 0 Å². The standard InChI is InChI=1S/C18H15P.C9H11N2.2CH3.Ir/c1-4-10-16(11-5-1)19(17-12-6-2-7-13-17)18-14-8-3-9-15-18;1-10-7-11(2)9-6-4-3-5-8(9)10;;;/h1-15H;3-7H,1-2H3;2*1H3;/q;3*-1;+3/p+1. The Kier molecular flexibility index (Phi) is 12.1. The summed E-state index contributed by atoms with van der Waals surface area (Å²) in [5, 5.41) is 4.31. The van der Waals surface area contributed by atoms with Crippen LogP contribution in [0.5, 0.6) is 0 Å². The minimum absolute atomic E-state index is 0. The summed E-state index contributed by atoms with van der Waals surface area (Å²) in [6.07, 6.45) is 0. The number of para-hydroxylation sites is 2. The predicted molar refractivity (Wildman–Crippen MR) is 147 cm³/mol. The summed E-state index contributed by atoms with van der Waals surface area (Å²) in [4.78, 5) is 4.24. The molecule has 4 heteroatoms. The van der Waals surface area contributed by atoms with Gasteiger partial charge in [-0.25, -0.2) is 0 Å². The zero-order chi connectivity index (χ0) is 20.8. The molecule has 33 heavy (non-hydrogen) atoms. The molecule has 5 rings (SSSR count). The van der Waals surface area contributed by atoms with Crippen molar-refractivity contribution in [3.63, 3.8) is 0 Å². The fraction of sp³-hybridized carbons (Fsp3) is 0.0690. The molecule has 1 heterocycles. The Morgan fingerprint density at radius 2 is 0.758 bits per heavy atom. The normalized spacial score (nSPS) is 11.2. The van der Waals surface area contributed by atoms with Crippen LogP contribution in [-0.4, -0.2) is 14.1 Å². The first kappa shape index (κ1) is 28.6. The minimum Gasteiger partial charge on any atom is -0.504 e. The molecule has 0 spiro atoms. The third-order valence-electron chi connectivity index (χ3n) is 5.18. The molecular formula is C29H33IrN2P+. The van der Waals surface area contributed by atoms with Gasteiger partial charge in [-0.2, -0.15) is 6.67 Å². The van der Waals surface area contributed by atoms with Gasteiger partial charge in [0.2, 0.25) is 0 Å². The van der Waals surface area contributed by atoms with Crippen molar-refractivity contribution < 1.29 is 20.1 Å². The van der Waals surface area contributed by atoms with Crippen LogP contribution in [0.4, 0.5) is 11.4 Å². The Labute approximate surface area is 215 Å². The van der Waals surface area contributed by atoms with Gasteiger partial charge in [0.25, 0.3) is 0 Å². The molecule has 1 aliphatic rings.